The van der Waals surface area contributed by atoms with Crippen LogP contribution in [0, 0.1) is 5.82 Å². The van der Waals surface area contributed by atoms with Gasteiger partial charge < -0.3 is 9.64 Å². The highest BCUT2D eigenvalue weighted by Gasteiger charge is 2.20. The molecule has 2 nitrogen and oxygen atoms in total. The zero-order valence-electron chi connectivity index (χ0n) is 9.87. The number of nitrogens with zero attached hydrogens (tertiary/aromatic N) is 1. The van der Waals surface area contributed by atoms with Crippen LogP contribution >= 0.6 is 31.9 Å². The van der Waals surface area contributed by atoms with E-state index in [0.717, 1.165) is 32.5 Å². The zero-order chi connectivity index (χ0) is 13.4. The summed E-state index contributed by atoms with van der Waals surface area (Å²) in [7, 11) is 0. The van der Waals surface area contributed by atoms with Crippen LogP contribution in [0.5, 0.6) is 5.75 Å². The lowest BCUT2D eigenvalue weighted by atomic mass is 10.1. The van der Waals surface area contributed by atoms with Gasteiger partial charge in [-0.25, -0.2) is 4.39 Å². The third kappa shape index (κ3) is 2.62. The Labute approximate surface area is 127 Å². The van der Waals surface area contributed by atoms with Gasteiger partial charge in [0.2, 0.25) is 0 Å². The summed E-state index contributed by atoms with van der Waals surface area (Å²) in [5, 5.41) is 0. The molecule has 0 radical (unpaired) electrons. The van der Waals surface area contributed by atoms with Gasteiger partial charge in [0.1, 0.15) is 11.6 Å². The van der Waals surface area contributed by atoms with Crippen LogP contribution in [0.1, 0.15) is 5.56 Å². The van der Waals surface area contributed by atoms with E-state index in [1.165, 1.54) is 12.1 Å². The predicted octanol–water partition coefficient (Wildman–Crippen LogP) is 4.71. The average molecular weight is 387 g/mol. The van der Waals surface area contributed by atoms with Gasteiger partial charge >= 0.3 is 0 Å². The molecule has 2 aromatic carbocycles. The quantitative estimate of drug-likeness (QED) is 0.703. The monoisotopic (exact) mass is 385 g/mol. The molecular formula is C14H10Br2FNO. The second-order valence-electron chi connectivity index (χ2n) is 4.32. The molecule has 0 N–H and O–H groups in total. The Morgan fingerprint density at radius 3 is 2.58 bits per heavy atom. The molecule has 0 fully saturated rings. The molecule has 1 heterocycles. The first-order valence-corrected chi connectivity index (χ1v) is 7.33. The van der Waals surface area contributed by atoms with Crippen LogP contribution < -0.4 is 9.64 Å². The average Bonchev–Trinajstić information content (AvgIpc) is 2.38. The minimum atomic E-state index is -0.229. The number of hydrogen-bond donors (Lipinski definition) is 0. The first-order chi connectivity index (χ1) is 9.13. The van der Waals surface area contributed by atoms with E-state index in [-0.39, 0.29) is 5.82 Å². The van der Waals surface area contributed by atoms with E-state index in [1.54, 1.807) is 12.1 Å². The van der Waals surface area contributed by atoms with Gasteiger partial charge in [0.25, 0.3) is 0 Å². The molecule has 1 aliphatic heterocycles. The summed E-state index contributed by atoms with van der Waals surface area (Å²) in [5.74, 6) is 0.647. The third-order valence-corrected chi connectivity index (χ3v) is 4.05. The number of hydrogen-bond acceptors (Lipinski definition) is 2. The molecule has 0 unspecified atom stereocenters. The molecule has 0 aliphatic carbocycles. The summed E-state index contributed by atoms with van der Waals surface area (Å²) in [5.41, 5.74) is 2.04. The molecule has 0 atom stereocenters. The van der Waals surface area contributed by atoms with Crippen molar-refractivity contribution in [1.29, 1.82) is 0 Å². The standard InChI is InChI=1S/C14H10Br2FNO/c15-10-5-9-7-18(8-19-14(9)13(16)6-10)12-3-1-11(17)2-4-12/h1-6H,7-8H2. The molecule has 5 heteroatoms. The topological polar surface area (TPSA) is 12.5 Å². The normalized spacial score (nSPS) is 13.9. The molecule has 0 bridgehead atoms. The van der Waals surface area contributed by atoms with Gasteiger partial charge in [0, 0.05) is 22.3 Å². The molecule has 0 aromatic heterocycles. The number of benzene rings is 2. The summed E-state index contributed by atoms with van der Waals surface area (Å²) in [6.07, 6.45) is 0. The Morgan fingerprint density at radius 1 is 1.11 bits per heavy atom. The largest absolute Gasteiger partial charge is 0.472 e. The Morgan fingerprint density at radius 2 is 1.84 bits per heavy atom. The number of anilines is 1. The summed E-state index contributed by atoms with van der Waals surface area (Å²) < 4.78 is 20.7. The molecule has 0 amide bonds. The lowest BCUT2D eigenvalue weighted by Gasteiger charge is -2.31. The van der Waals surface area contributed by atoms with Crippen molar-refractivity contribution in [3.8, 4) is 5.75 Å². The maximum Gasteiger partial charge on any atom is 0.161 e. The molecule has 0 spiro atoms. The van der Waals surface area contributed by atoms with E-state index in [9.17, 15) is 4.39 Å². The first-order valence-electron chi connectivity index (χ1n) is 5.75. The van der Waals surface area contributed by atoms with Gasteiger partial charge in [0.05, 0.1) is 4.47 Å². The second-order valence-corrected chi connectivity index (χ2v) is 6.09. The maximum absolute atomic E-state index is 12.9. The van der Waals surface area contributed by atoms with Crippen molar-refractivity contribution < 1.29 is 9.13 Å². The van der Waals surface area contributed by atoms with Crippen LogP contribution in [0.3, 0.4) is 0 Å². The lowest BCUT2D eigenvalue weighted by Crippen LogP contribution is -2.32. The van der Waals surface area contributed by atoms with Crippen LogP contribution in [0.4, 0.5) is 10.1 Å². The Balaban J connectivity index is 1.91. The van der Waals surface area contributed by atoms with E-state index >= 15 is 0 Å². The Bertz CT molecular complexity index is 616. The number of fused-ring (bicyclic) bond motifs is 1. The second kappa shape index (κ2) is 5.13. The van der Waals surface area contributed by atoms with E-state index in [4.69, 9.17) is 4.74 Å². The highest BCUT2D eigenvalue weighted by Crippen LogP contribution is 2.37. The predicted molar refractivity (Wildman–Crippen MR) is 79.9 cm³/mol. The van der Waals surface area contributed by atoms with Crippen LogP contribution in [0.2, 0.25) is 0 Å². The van der Waals surface area contributed by atoms with Crippen molar-refractivity contribution in [1.82, 2.24) is 0 Å². The molecule has 0 saturated heterocycles. The van der Waals surface area contributed by atoms with Gasteiger partial charge in [-0.3, -0.25) is 0 Å². The van der Waals surface area contributed by atoms with Crippen molar-refractivity contribution >= 4 is 37.5 Å². The highest BCUT2D eigenvalue weighted by molar-refractivity contribution is 9.11. The van der Waals surface area contributed by atoms with E-state index < -0.39 is 0 Å². The summed E-state index contributed by atoms with van der Waals surface area (Å²) in [6.45, 7) is 1.19. The van der Waals surface area contributed by atoms with Gasteiger partial charge in [0.15, 0.2) is 6.73 Å². The fraction of sp³-hybridized carbons (Fsp3) is 0.143. The molecule has 19 heavy (non-hydrogen) atoms. The Hall–Kier alpha value is -1.07. The van der Waals surface area contributed by atoms with Crippen molar-refractivity contribution in [2.24, 2.45) is 0 Å². The number of halogens is 3. The van der Waals surface area contributed by atoms with Gasteiger partial charge in [-0.15, -0.1) is 0 Å². The highest BCUT2D eigenvalue weighted by atomic mass is 79.9. The third-order valence-electron chi connectivity index (χ3n) is 3.00. The van der Waals surface area contributed by atoms with Crippen molar-refractivity contribution in [2.45, 2.75) is 6.54 Å². The van der Waals surface area contributed by atoms with Crippen LogP contribution in [-0.2, 0) is 6.54 Å². The molecule has 1 aliphatic rings. The van der Waals surface area contributed by atoms with Gasteiger partial charge in [-0.05, 0) is 52.3 Å². The minimum Gasteiger partial charge on any atom is -0.472 e. The SMILES string of the molecule is Fc1ccc(N2COc3c(Br)cc(Br)cc3C2)cc1. The fourth-order valence-electron chi connectivity index (χ4n) is 2.10. The molecule has 2 aromatic rings. The molecule has 3 rings (SSSR count). The molecular weight excluding hydrogens is 377 g/mol. The van der Waals surface area contributed by atoms with Crippen molar-refractivity contribution in [3.63, 3.8) is 0 Å². The van der Waals surface area contributed by atoms with E-state index in [2.05, 4.69) is 36.8 Å². The number of ether oxygens (including phenoxy) is 1. The number of rotatable bonds is 1. The minimum absolute atomic E-state index is 0.229. The lowest BCUT2D eigenvalue weighted by molar-refractivity contribution is 0.287. The molecule has 98 valence electrons. The first kappa shape index (κ1) is 12.9. The van der Waals surface area contributed by atoms with Crippen molar-refractivity contribution in [3.05, 3.63) is 56.7 Å². The van der Waals surface area contributed by atoms with Gasteiger partial charge in [-0.1, -0.05) is 15.9 Å². The summed E-state index contributed by atoms with van der Waals surface area (Å²) >= 11 is 6.97. The van der Waals surface area contributed by atoms with Crippen molar-refractivity contribution in [2.75, 3.05) is 11.6 Å². The maximum atomic E-state index is 12.9. The summed E-state index contributed by atoms with van der Waals surface area (Å²) in [4.78, 5) is 2.06. The van der Waals surface area contributed by atoms with Crippen LogP contribution in [0.15, 0.2) is 45.3 Å². The van der Waals surface area contributed by atoms with Gasteiger partial charge in [-0.2, -0.15) is 0 Å². The van der Waals surface area contributed by atoms with E-state index in [0.29, 0.717) is 6.73 Å². The van der Waals surface area contributed by atoms with E-state index in [1.807, 2.05) is 12.1 Å². The van der Waals surface area contributed by atoms with Crippen LogP contribution in [0.25, 0.3) is 0 Å². The van der Waals surface area contributed by atoms with Crippen LogP contribution in [-0.4, -0.2) is 6.73 Å². The smallest absolute Gasteiger partial charge is 0.161 e. The zero-order valence-corrected chi connectivity index (χ0v) is 13.0. The molecule has 0 saturated carbocycles. The Kier molecular flexibility index (Phi) is 3.50. The summed E-state index contributed by atoms with van der Waals surface area (Å²) in [6, 6.07) is 10.4. The fourth-order valence-corrected chi connectivity index (χ4v) is 3.53.